The van der Waals surface area contributed by atoms with Crippen LogP contribution in [0.2, 0.25) is 0 Å². The highest BCUT2D eigenvalue weighted by Gasteiger charge is 2.20. The molecule has 0 aliphatic carbocycles. The third-order valence-electron chi connectivity index (χ3n) is 4.42. The topological polar surface area (TPSA) is 95.9 Å². The number of carbonyl (C=O) groups excluding carboxylic acids is 1. The number of esters is 1. The molecule has 0 aliphatic rings. The molecule has 0 spiro atoms. The van der Waals surface area contributed by atoms with Gasteiger partial charge in [0.05, 0.1) is 11.1 Å². The standard InChI is InChI=1S/C20H19N5O3/c1-4-25-17-10-9-15(11-16(17)21-24-25)20(26)27-13(3)18-22-23-19(28-18)14-7-5-12(2)6-8-14/h5-11,13H,4H2,1-3H3/t13-/m0/s1. The highest BCUT2D eigenvalue weighted by atomic mass is 16.6. The van der Waals surface area contributed by atoms with Crippen LogP contribution in [0.1, 0.15) is 41.8 Å². The van der Waals surface area contributed by atoms with E-state index >= 15 is 0 Å². The van der Waals surface area contributed by atoms with Crippen molar-refractivity contribution in [3.8, 4) is 11.5 Å². The number of benzene rings is 2. The molecule has 0 radical (unpaired) electrons. The Labute approximate surface area is 161 Å². The van der Waals surface area contributed by atoms with Crippen LogP contribution < -0.4 is 0 Å². The Morgan fingerprint density at radius 1 is 1.14 bits per heavy atom. The first-order chi connectivity index (χ1) is 13.5. The van der Waals surface area contributed by atoms with E-state index < -0.39 is 12.1 Å². The summed E-state index contributed by atoms with van der Waals surface area (Å²) in [6.07, 6.45) is -0.679. The van der Waals surface area contributed by atoms with Gasteiger partial charge in [0.25, 0.3) is 5.89 Å². The lowest BCUT2D eigenvalue weighted by Crippen LogP contribution is -2.09. The van der Waals surface area contributed by atoms with Crippen molar-refractivity contribution in [1.82, 2.24) is 25.2 Å². The van der Waals surface area contributed by atoms with Gasteiger partial charge in [-0.1, -0.05) is 22.9 Å². The molecule has 28 heavy (non-hydrogen) atoms. The number of aromatic nitrogens is 5. The Morgan fingerprint density at radius 3 is 2.68 bits per heavy atom. The van der Waals surface area contributed by atoms with Crippen molar-refractivity contribution < 1.29 is 13.9 Å². The van der Waals surface area contributed by atoms with Crippen LogP contribution in [0.3, 0.4) is 0 Å². The van der Waals surface area contributed by atoms with Gasteiger partial charge in [-0.05, 0) is 51.1 Å². The number of hydrogen-bond donors (Lipinski definition) is 0. The second-order valence-corrected chi connectivity index (χ2v) is 6.47. The number of rotatable bonds is 5. The summed E-state index contributed by atoms with van der Waals surface area (Å²) < 4.78 is 12.9. The predicted molar refractivity (Wildman–Crippen MR) is 102 cm³/mol. The van der Waals surface area contributed by atoms with E-state index in [-0.39, 0.29) is 5.89 Å². The van der Waals surface area contributed by atoms with E-state index in [1.807, 2.05) is 44.2 Å². The van der Waals surface area contributed by atoms with E-state index in [0.717, 1.165) is 16.6 Å². The van der Waals surface area contributed by atoms with Gasteiger partial charge in [-0.2, -0.15) is 0 Å². The number of aryl methyl sites for hydroxylation is 2. The molecule has 0 amide bonds. The minimum Gasteiger partial charge on any atom is -0.449 e. The average Bonchev–Trinajstić information content (AvgIpc) is 3.35. The Kier molecular flexibility index (Phi) is 4.60. The molecule has 2 aromatic carbocycles. The van der Waals surface area contributed by atoms with Crippen molar-refractivity contribution >= 4 is 17.0 Å². The van der Waals surface area contributed by atoms with Crippen LogP contribution in [-0.4, -0.2) is 31.2 Å². The lowest BCUT2D eigenvalue weighted by molar-refractivity contribution is 0.0280. The van der Waals surface area contributed by atoms with E-state index in [0.29, 0.717) is 23.5 Å². The third kappa shape index (κ3) is 3.36. The lowest BCUT2D eigenvalue weighted by atomic mass is 10.1. The van der Waals surface area contributed by atoms with E-state index in [2.05, 4.69) is 20.5 Å². The zero-order chi connectivity index (χ0) is 19.7. The highest BCUT2D eigenvalue weighted by molar-refractivity contribution is 5.93. The van der Waals surface area contributed by atoms with Gasteiger partial charge in [-0.25, -0.2) is 9.48 Å². The fourth-order valence-corrected chi connectivity index (χ4v) is 2.82. The molecule has 0 aliphatic heterocycles. The van der Waals surface area contributed by atoms with Crippen molar-refractivity contribution in [2.75, 3.05) is 0 Å². The van der Waals surface area contributed by atoms with Crippen LogP contribution >= 0.6 is 0 Å². The van der Waals surface area contributed by atoms with Crippen molar-refractivity contribution in [3.05, 3.63) is 59.5 Å². The molecular formula is C20H19N5O3. The van der Waals surface area contributed by atoms with Gasteiger partial charge >= 0.3 is 5.97 Å². The number of nitrogens with zero attached hydrogens (tertiary/aromatic N) is 5. The number of ether oxygens (including phenoxy) is 1. The van der Waals surface area contributed by atoms with E-state index in [9.17, 15) is 4.79 Å². The van der Waals surface area contributed by atoms with Crippen molar-refractivity contribution in [2.24, 2.45) is 0 Å². The van der Waals surface area contributed by atoms with Gasteiger partial charge in [0, 0.05) is 12.1 Å². The number of fused-ring (bicyclic) bond motifs is 1. The molecular weight excluding hydrogens is 358 g/mol. The Balaban J connectivity index is 1.49. The molecule has 2 heterocycles. The van der Waals surface area contributed by atoms with Crippen molar-refractivity contribution in [1.29, 1.82) is 0 Å². The maximum Gasteiger partial charge on any atom is 0.338 e. The maximum atomic E-state index is 12.5. The first-order valence-corrected chi connectivity index (χ1v) is 9.00. The summed E-state index contributed by atoms with van der Waals surface area (Å²) in [5, 5.41) is 16.2. The molecule has 0 saturated heterocycles. The van der Waals surface area contributed by atoms with Gasteiger partial charge in [-0.15, -0.1) is 15.3 Å². The smallest absolute Gasteiger partial charge is 0.338 e. The zero-order valence-corrected chi connectivity index (χ0v) is 15.8. The molecule has 0 fully saturated rings. The molecule has 4 rings (SSSR count). The van der Waals surface area contributed by atoms with E-state index in [1.165, 1.54) is 0 Å². The minimum atomic E-state index is -0.679. The van der Waals surface area contributed by atoms with Gasteiger partial charge in [-0.3, -0.25) is 0 Å². The molecule has 142 valence electrons. The SMILES string of the molecule is CCn1nnc2cc(C(=O)O[C@@H](C)c3nnc(-c4ccc(C)cc4)o3)ccc21. The normalized spacial score (nSPS) is 12.2. The van der Waals surface area contributed by atoms with Crippen LogP contribution in [-0.2, 0) is 11.3 Å². The number of carbonyl (C=O) groups is 1. The van der Waals surface area contributed by atoms with Gasteiger partial charge < -0.3 is 9.15 Å². The first kappa shape index (κ1) is 17.8. The molecule has 0 saturated carbocycles. The Morgan fingerprint density at radius 2 is 1.93 bits per heavy atom. The fraction of sp³-hybridized carbons (Fsp3) is 0.250. The van der Waals surface area contributed by atoms with Gasteiger partial charge in [0.2, 0.25) is 5.89 Å². The molecule has 8 nitrogen and oxygen atoms in total. The Hall–Kier alpha value is -3.55. The van der Waals surface area contributed by atoms with Crippen LogP contribution in [0.5, 0.6) is 0 Å². The van der Waals surface area contributed by atoms with E-state index in [4.69, 9.17) is 9.15 Å². The second kappa shape index (κ2) is 7.22. The third-order valence-corrected chi connectivity index (χ3v) is 4.42. The summed E-state index contributed by atoms with van der Waals surface area (Å²) >= 11 is 0. The first-order valence-electron chi connectivity index (χ1n) is 9.00. The largest absolute Gasteiger partial charge is 0.449 e. The monoisotopic (exact) mass is 377 g/mol. The van der Waals surface area contributed by atoms with Crippen LogP contribution in [0.15, 0.2) is 46.9 Å². The predicted octanol–water partition coefficient (Wildman–Crippen LogP) is 3.73. The van der Waals surface area contributed by atoms with Crippen molar-refractivity contribution in [2.45, 2.75) is 33.4 Å². The zero-order valence-electron chi connectivity index (χ0n) is 15.8. The summed E-state index contributed by atoms with van der Waals surface area (Å²) in [7, 11) is 0. The minimum absolute atomic E-state index is 0.238. The van der Waals surface area contributed by atoms with Crippen LogP contribution in [0.25, 0.3) is 22.5 Å². The summed E-state index contributed by atoms with van der Waals surface area (Å²) in [5.74, 6) is 0.132. The van der Waals surface area contributed by atoms with Crippen LogP contribution in [0.4, 0.5) is 0 Å². The summed E-state index contributed by atoms with van der Waals surface area (Å²) in [5.41, 5.74) is 3.85. The Bertz CT molecular complexity index is 1130. The number of hydrogen-bond acceptors (Lipinski definition) is 7. The molecule has 0 N–H and O–H groups in total. The molecule has 0 bridgehead atoms. The molecule has 1 atom stereocenters. The van der Waals surface area contributed by atoms with Crippen molar-refractivity contribution in [3.63, 3.8) is 0 Å². The summed E-state index contributed by atoms with van der Waals surface area (Å²) in [6.45, 7) is 6.38. The quantitative estimate of drug-likeness (QED) is 0.489. The van der Waals surface area contributed by atoms with Gasteiger partial charge in [0.1, 0.15) is 5.52 Å². The molecule has 8 heteroatoms. The molecule has 0 unspecified atom stereocenters. The molecule has 2 aromatic heterocycles. The lowest BCUT2D eigenvalue weighted by Gasteiger charge is -2.09. The fourth-order valence-electron chi connectivity index (χ4n) is 2.82. The average molecular weight is 377 g/mol. The molecule has 4 aromatic rings. The highest BCUT2D eigenvalue weighted by Crippen LogP contribution is 2.24. The maximum absolute atomic E-state index is 12.5. The van der Waals surface area contributed by atoms with E-state index in [1.54, 1.807) is 23.7 Å². The summed E-state index contributed by atoms with van der Waals surface area (Å²) in [6, 6.07) is 12.9. The second-order valence-electron chi connectivity index (χ2n) is 6.47. The van der Waals surface area contributed by atoms with Crippen LogP contribution in [0, 0.1) is 6.92 Å². The summed E-state index contributed by atoms with van der Waals surface area (Å²) in [4.78, 5) is 12.5. The van der Waals surface area contributed by atoms with Gasteiger partial charge in [0.15, 0.2) is 6.10 Å².